The fraction of sp³-hybridized carbons (Fsp3) is 0.250. The lowest BCUT2D eigenvalue weighted by Gasteiger charge is -2.08. The van der Waals surface area contributed by atoms with Gasteiger partial charge in [0.1, 0.15) is 5.69 Å². The van der Waals surface area contributed by atoms with E-state index in [-0.39, 0.29) is 16.6 Å². The first-order valence-corrected chi connectivity index (χ1v) is 5.29. The molecular weight excluding hydrogens is 247 g/mol. The lowest BCUT2D eigenvalue weighted by molar-refractivity contribution is -0.136. The van der Waals surface area contributed by atoms with Gasteiger partial charge in [-0.3, -0.25) is 0 Å². The van der Waals surface area contributed by atoms with Gasteiger partial charge in [-0.15, -0.1) is 0 Å². The Hall–Kier alpha value is -1.98. The Bertz CT molecular complexity index is 614. The quantitative estimate of drug-likeness (QED) is 0.896. The maximum atomic E-state index is 12.8. The number of alkyl halides is 3. The molecule has 1 N–H and O–H groups in total. The van der Waals surface area contributed by atoms with Crippen LogP contribution in [-0.4, -0.2) is 15.6 Å². The predicted octanol–water partition coefficient (Wildman–Crippen LogP) is 3.38. The van der Waals surface area contributed by atoms with Gasteiger partial charge >= 0.3 is 12.1 Å². The van der Waals surface area contributed by atoms with Gasteiger partial charge in [-0.2, -0.15) is 13.2 Å². The highest BCUT2D eigenvalue weighted by atomic mass is 19.4. The highest BCUT2D eigenvalue weighted by molar-refractivity contribution is 5.96. The Morgan fingerprint density at radius 2 is 2.06 bits per heavy atom. The number of hydrogen-bond acceptors (Lipinski definition) is 1. The smallest absolute Gasteiger partial charge is 0.417 e. The summed E-state index contributed by atoms with van der Waals surface area (Å²) in [5, 5.41) is 8.91. The summed E-state index contributed by atoms with van der Waals surface area (Å²) >= 11 is 0. The lowest BCUT2D eigenvalue weighted by atomic mass is 10.1. The van der Waals surface area contributed by atoms with E-state index >= 15 is 0 Å². The Morgan fingerprint density at radius 3 is 2.56 bits per heavy atom. The minimum Gasteiger partial charge on any atom is -0.477 e. The van der Waals surface area contributed by atoms with Gasteiger partial charge in [-0.05, 0) is 25.1 Å². The van der Waals surface area contributed by atoms with Gasteiger partial charge in [0.15, 0.2) is 0 Å². The van der Waals surface area contributed by atoms with E-state index in [1.54, 1.807) is 6.92 Å². The van der Waals surface area contributed by atoms with Gasteiger partial charge in [0.05, 0.1) is 5.56 Å². The molecule has 3 nitrogen and oxygen atoms in total. The normalized spacial score (nSPS) is 12.0. The van der Waals surface area contributed by atoms with Crippen LogP contribution in [0.3, 0.4) is 0 Å². The third kappa shape index (κ3) is 1.83. The number of carboxylic acid groups (broad SMARTS) is 1. The van der Waals surface area contributed by atoms with E-state index < -0.39 is 17.7 Å². The van der Waals surface area contributed by atoms with E-state index in [4.69, 9.17) is 5.11 Å². The van der Waals surface area contributed by atoms with Crippen molar-refractivity contribution >= 4 is 16.9 Å². The van der Waals surface area contributed by atoms with Crippen molar-refractivity contribution in [3.63, 3.8) is 0 Å². The third-order valence-electron chi connectivity index (χ3n) is 2.79. The molecule has 0 saturated heterocycles. The van der Waals surface area contributed by atoms with Crippen molar-refractivity contribution in [2.24, 2.45) is 0 Å². The number of carboxylic acids is 1. The highest BCUT2D eigenvalue weighted by Crippen LogP contribution is 2.36. The van der Waals surface area contributed by atoms with Crippen LogP contribution in [0.5, 0.6) is 0 Å². The molecule has 0 amide bonds. The van der Waals surface area contributed by atoms with Gasteiger partial charge in [-0.1, -0.05) is 6.07 Å². The molecule has 2 aromatic rings. The van der Waals surface area contributed by atoms with E-state index in [2.05, 4.69) is 0 Å². The van der Waals surface area contributed by atoms with Crippen LogP contribution in [0, 0.1) is 0 Å². The summed E-state index contributed by atoms with van der Waals surface area (Å²) in [6.07, 6.45) is -4.49. The summed E-state index contributed by atoms with van der Waals surface area (Å²) in [6, 6.07) is 4.79. The molecule has 1 heterocycles. The highest BCUT2D eigenvalue weighted by Gasteiger charge is 2.33. The van der Waals surface area contributed by atoms with Crippen molar-refractivity contribution in [2.45, 2.75) is 19.6 Å². The van der Waals surface area contributed by atoms with Gasteiger partial charge in [-0.25, -0.2) is 4.79 Å². The predicted molar refractivity (Wildman–Crippen MR) is 59.6 cm³/mol. The first-order valence-electron chi connectivity index (χ1n) is 5.29. The zero-order chi connectivity index (χ0) is 13.5. The number of carbonyl (C=O) groups is 1. The number of benzene rings is 1. The van der Waals surface area contributed by atoms with Gasteiger partial charge in [0, 0.05) is 17.4 Å². The molecule has 0 aliphatic rings. The standard InChI is InChI=1S/C12H10F3NO2/c1-2-16-9-5-3-4-8(12(13,14)15)7(9)6-10(16)11(17)18/h3-6H,2H2,1H3,(H,17,18). The van der Waals surface area contributed by atoms with Crippen LogP contribution in [-0.2, 0) is 12.7 Å². The van der Waals surface area contributed by atoms with Crippen molar-refractivity contribution in [2.75, 3.05) is 0 Å². The zero-order valence-electron chi connectivity index (χ0n) is 9.45. The number of aromatic carboxylic acids is 1. The average Bonchev–Trinajstić information content (AvgIpc) is 2.65. The second-order valence-electron chi connectivity index (χ2n) is 3.82. The van der Waals surface area contributed by atoms with Crippen LogP contribution >= 0.6 is 0 Å². The van der Waals surface area contributed by atoms with Gasteiger partial charge in [0.25, 0.3) is 0 Å². The minimum absolute atomic E-state index is 0.0794. The molecule has 0 spiro atoms. The van der Waals surface area contributed by atoms with Gasteiger partial charge in [0.2, 0.25) is 0 Å². The molecule has 18 heavy (non-hydrogen) atoms. The number of halogens is 3. The summed E-state index contributed by atoms with van der Waals surface area (Å²) in [4.78, 5) is 11.0. The van der Waals surface area contributed by atoms with Crippen molar-refractivity contribution in [1.82, 2.24) is 4.57 Å². The number of hydrogen-bond donors (Lipinski definition) is 1. The molecule has 96 valence electrons. The molecular formula is C12H10F3NO2. The van der Waals surface area contributed by atoms with Crippen LogP contribution in [0.2, 0.25) is 0 Å². The minimum atomic E-state index is -4.49. The number of aromatic nitrogens is 1. The van der Waals surface area contributed by atoms with Crippen molar-refractivity contribution in [3.05, 3.63) is 35.5 Å². The first-order chi connectivity index (χ1) is 8.36. The van der Waals surface area contributed by atoms with Crippen LogP contribution < -0.4 is 0 Å². The Balaban J connectivity index is 2.84. The second kappa shape index (κ2) is 4.04. The number of fused-ring (bicyclic) bond motifs is 1. The summed E-state index contributed by atoms with van der Waals surface area (Å²) < 4.78 is 39.8. The van der Waals surface area contributed by atoms with Crippen LogP contribution in [0.15, 0.2) is 24.3 Å². The molecule has 0 radical (unpaired) electrons. The van der Waals surface area contributed by atoms with Crippen LogP contribution in [0.1, 0.15) is 23.0 Å². The fourth-order valence-electron chi connectivity index (χ4n) is 2.05. The van der Waals surface area contributed by atoms with E-state index in [9.17, 15) is 18.0 Å². The largest absolute Gasteiger partial charge is 0.477 e. The molecule has 0 unspecified atom stereocenters. The topological polar surface area (TPSA) is 42.2 Å². The number of rotatable bonds is 2. The summed E-state index contributed by atoms with van der Waals surface area (Å²) in [6.45, 7) is 1.98. The maximum absolute atomic E-state index is 12.8. The van der Waals surface area contributed by atoms with E-state index in [1.807, 2.05) is 0 Å². The number of nitrogens with zero attached hydrogens (tertiary/aromatic N) is 1. The molecule has 0 saturated carbocycles. The second-order valence-corrected chi connectivity index (χ2v) is 3.82. The average molecular weight is 257 g/mol. The van der Waals surface area contributed by atoms with Crippen molar-refractivity contribution in [1.29, 1.82) is 0 Å². The lowest BCUT2D eigenvalue weighted by Crippen LogP contribution is -2.07. The van der Waals surface area contributed by atoms with Gasteiger partial charge < -0.3 is 9.67 Å². The summed E-state index contributed by atoms with van der Waals surface area (Å²) in [5.74, 6) is -1.24. The Kier molecular flexibility index (Phi) is 2.80. The van der Waals surface area contributed by atoms with E-state index in [0.29, 0.717) is 6.54 Å². The van der Waals surface area contributed by atoms with E-state index in [0.717, 1.165) is 12.1 Å². The van der Waals surface area contributed by atoms with Crippen LogP contribution in [0.4, 0.5) is 13.2 Å². The third-order valence-corrected chi connectivity index (χ3v) is 2.79. The molecule has 2 rings (SSSR count). The molecule has 0 aliphatic carbocycles. The first kappa shape index (κ1) is 12.5. The van der Waals surface area contributed by atoms with E-state index in [1.165, 1.54) is 16.7 Å². The molecule has 0 bridgehead atoms. The zero-order valence-corrected chi connectivity index (χ0v) is 9.45. The number of aryl methyl sites for hydroxylation is 1. The Morgan fingerprint density at radius 1 is 1.39 bits per heavy atom. The summed E-state index contributed by atoms with van der Waals surface area (Å²) in [7, 11) is 0. The molecule has 6 heteroatoms. The maximum Gasteiger partial charge on any atom is 0.417 e. The summed E-state index contributed by atoms with van der Waals surface area (Å²) in [5.41, 5.74) is -0.663. The molecule has 0 aliphatic heterocycles. The van der Waals surface area contributed by atoms with Crippen molar-refractivity contribution in [3.8, 4) is 0 Å². The molecule has 1 aromatic carbocycles. The monoisotopic (exact) mass is 257 g/mol. The molecule has 1 aromatic heterocycles. The van der Waals surface area contributed by atoms with Crippen molar-refractivity contribution < 1.29 is 23.1 Å². The SMILES string of the molecule is CCn1c(C(=O)O)cc2c(C(F)(F)F)cccc21. The molecule has 0 fully saturated rings. The molecule has 0 atom stereocenters. The van der Waals surface area contributed by atoms with Crippen LogP contribution in [0.25, 0.3) is 10.9 Å². The fourth-order valence-corrected chi connectivity index (χ4v) is 2.05. The Labute approximate surface area is 100 Å².